The topological polar surface area (TPSA) is 138 Å². The van der Waals surface area contributed by atoms with Crippen molar-refractivity contribution in [2.24, 2.45) is 0 Å². The van der Waals surface area contributed by atoms with Gasteiger partial charge in [0, 0.05) is 32.3 Å². The summed E-state index contributed by atoms with van der Waals surface area (Å²) < 4.78 is 62.3. The zero-order chi connectivity index (χ0) is 25.7. The van der Waals surface area contributed by atoms with Crippen LogP contribution in [0.4, 0.5) is 14.5 Å². The molecule has 1 aliphatic heterocycles. The van der Waals surface area contributed by atoms with E-state index in [0.717, 1.165) is 0 Å². The predicted molar refractivity (Wildman–Crippen MR) is 128 cm³/mol. The molecule has 1 aromatic carbocycles. The molecule has 2 aliphatic rings. The van der Waals surface area contributed by atoms with Gasteiger partial charge in [0.1, 0.15) is 17.4 Å². The van der Waals surface area contributed by atoms with Crippen molar-refractivity contribution in [3.63, 3.8) is 0 Å². The molecule has 1 saturated carbocycles. The fourth-order valence-corrected chi connectivity index (χ4v) is 6.49. The zero-order valence-electron chi connectivity index (χ0n) is 19.5. The van der Waals surface area contributed by atoms with Crippen LogP contribution in [0, 0.1) is 11.3 Å². The number of nitrogens with zero attached hydrogens (tertiary/aromatic N) is 6. The van der Waals surface area contributed by atoms with Gasteiger partial charge in [0.25, 0.3) is 6.43 Å². The smallest absolute Gasteiger partial charge is 0.291 e. The number of halogens is 2. The Hall–Kier alpha value is -2.77. The molecule has 3 heterocycles. The SMILES string of the molecule is COC[C@@H]1CN(c2cc(S(=O)(=O)NC3(C#N)CC3)cc3c2ncn3-c2nnc(C(F)F)s2)C[C@H](C)N1. The van der Waals surface area contributed by atoms with E-state index in [9.17, 15) is 22.5 Å². The molecule has 0 radical (unpaired) electrons. The Morgan fingerprint density at radius 3 is 2.78 bits per heavy atom. The molecule has 2 fully saturated rings. The number of piperazine rings is 1. The second-order valence-corrected chi connectivity index (χ2v) is 11.7. The molecule has 0 amide bonds. The number of nitrogens with one attached hydrogen (secondary N) is 2. The highest BCUT2D eigenvalue weighted by Gasteiger charge is 2.47. The van der Waals surface area contributed by atoms with Crippen LogP contribution in [0.25, 0.3) is 16.2 Å². The molecule has 1 aliphatic carbocycles. The van der Waals surface area contributed by atoms with E-state index in [1.807, 2.05) is 17.9 Å². The lowest BCUT2D eigenvalue weighted by Gasteiger charge is -2.39. The van der Waals surface area contributed by atoms with E-state index in [4.69, 9.17) is 4.74 Å². The Morgan fingerprint density at radius 2 is 2.14 bits per heavy atom. The minimum absolute atomic E-state index is 0.000594. The number of sulfonamides is 1. The number of hydrogen-bond donors (Lipinski definition) is 2. The molecule has 0 unspecified atom stereocenters. The normalized spacial score (nSPS) is 21.7. The van der Waals surface area contributed by atoms with Gasteiger partial charge in [-0.1, -0.05) is 11.3 Å². The molecule has 11 nitrogen and oxygen atoms in total. The van der Waals surface area contributed by atoms with Crippen molar-refractivity contribution in [3.8, 4) is 11.2 Å². The summed E-state index contributed by atoms with van der Waals surface area (Å²) in [6.45, 7) is 3.59. The van der Waals surface area contributed by atoms with Gasteiger partial charge in [0.2, 0.25) is 15.2 Å². The quantitative estimate of drug-likeness (QED) is 0.441. The van der Waals surface area contributed by atoms with E-state index in [0.29, 0.717) is 60.6 Å². The number of hydrogen-bond acceptors (Lipinski definition) is 10. The maximum Gasteiger partial charge on any atom is 0.291 e. The summed E-state index contributed by atoms with van der Waals surface area (Å²) in [5.41, 5.74) is 0.337. The number of alkyl halides is 2. The summed E-state index contributed by atoms with van der Waals surface area (Å²) in [5.74, 6) is 0. The molecule has 0 spiro atoms. The largest absolute Gasteiger partial charge is 0.383 e. The number of anilines is 1. The van der Waals surface area contributed by atoms with Crippen LogP contribution in [0.1, 0.15) is 31.2 Å². The molecule has 3 aromatic rings. The highest BCUT2D eigenvalue weighted by atomic mass is 32.2. The summed E-state index contributed by atoms with van der Waals surface area (Å²) in [4.78, 5) is 6.48. The summed E-state index contributed by atoms with van der Waals surface area (Å²) in [5, 5.41) is 20.0. The van der Waals surface area contributed by atoms with E-state index < -0.39 is 27.0 Å². The van der Waals surface area contributed by atoms with Crippen molar-refractivity contribution in [1.29, 1.82) is 5.26 Å². The number of rotatable bonds is 8. The van der Waals surface area contributed by atoms with Crippen molar-refractivity contribution < 1.29 is 21.9 Å². The van der Waals surface area contributed by atoms with Gasteiger partial charge in [-0.2, -0.15) is 9.98 Å². The molecule has 36 heavy (non-hydrogen) atoms. The molecular formula is C21H24F2N8O3S2. The lowest BCUT2D eigenvalue weighted by Crippen LogP contribution is -2.57. The van der Waals surface area contributed by atoms with Gasteiger partial charge in [-0.15, -0.1) is 10.2 Å². The standard InChI is InChI=1S/C21H24F2N8O3S2/c1-12-7-30(8-13(26-12)9-34-2)15-5-14(36(32,33)29-21(10-24)3-4-21)6-16-17(15)25-11-31(16)20-28-27-19(35-20)18(22)23/h5-6,11-13,18,26,29H,3-4,7-9H2,1-2H3/t12-,13-/m0/s1. The second kappa shape index (κ2) is 9.27. The molecular weight excluding hydrogens is 514 g/mol. The summed E-state index contributed by atoms with van der Waals surface area (Å²) in [7, 11) is -2.46. The van der Waals surface area contributed by atoms with Crippen molar-refractivity contribution in [2.75, 3.05) is 31.7 Å². The highest BCUT2D eigenvalue weighted by Crippen LogP contribution is 2.38. The molecule has 1 saturated heterocycles. The maximum absolute atomic E-state index is 13.4. The van der Waals surface area contributed by atoms with Gasteiger partial charge >= 0.3 is 0 Å². The Kier molecular flexibility index (Phi) is 6.41. The second-order valence-electron chi connectivity index (χ2n) is 9.07. The van der Waals surface area contributed by atoms with Crippen molar-refractivity contribution in [3.05, 3.63) is 23.5 Å². The molecule has 5 rings (SSSR count). The Morgan fingerprint density at radius 1 is 1.36 bits per heavy atom. The lowest BCUT2D eigenvalue weighted by molar-refractivity contribution is 0.150. The number of nitriles is 1. The molecule has 2 aromatic heterocycles. The van der Waals surface area contributed by atoms with E-state index in [1.165, 1.54) is 17.0 Å². The van der Waals surface area contributed by atoms with E-state index in [2.05, 4.69) is 25.2 Å². The summed E-state index contributed by atoms with van der Waals surface area (Å²) in [6.07, 6.45) is -0.484. The average molecular weight is 539 g/mol. The predicted octanol–water partition coefficient (Wildman–Crippen LogP) is 1.96. The third-order valence-corrected chi connectivity index (χ3v) is 8.64. The minimum atomic E-state index is -4.08. The van der Waals surface area contributed by atoms with Gasteiger partial charge in [0.15, 0.2) is 5.01 Å². The van der Waals surface area contributed by atoms with Crippen LogP contribution in [-0.2, 0) is 14.8 Å². The first-order valence-electron chi connectivity index (χ1n) is 11.2. The van der Waals surface area contributed by atoms with Crippen molar-refractivity contribution in [2.45, 2.75) is 48.7 Å². The number of fused-ring (bicyclic) bond motifs is 1. The molecule has 2 N–H and O–H groups in total. The van der Waals surface area contributed by atoms with Crippen LogP contribution in [0.2, 0.25) is 0 Å². The third kappa shape index (κ3) is 4.66. The Labute approximate surface area is 210 Å². The minimum Gasteiger partial charge on any atom is -0.383 e. The number of methoxy groups -OCH3 is 1. The van der Waals surface area contributed by atoms with Crippen LogP contribution in [0.5, 0.6) is 0 Å². The highest BCUT2D eigenvalue weighted by molar-refractivity contribution is 7.89. The summed E-state index contributed by atoms with van der Waals surface area (Å²) in [6, 6.07) is 5.08. The third-order valence-electron chi connectivity index (χ3n) is 6.20. The van der Waals surface area contributed by atoms with Crippen LogP contribution < -0.4 is 14.9 Å². The van der Waals surface area contributed by atoms with Gasteiger partial charge < -0.3 is 15.0 Å². The summed E-state index contributed by atoms with van der Waals surface area (Å²) >= 11 is 0.702. The van der Waals surface area contributed by atoms with Gasteiger partial charge in [0.05, 0.1) is 28.8 Å². The first-order chi connectivity index (χ1) is 17.1. The fraction of sp³-hybridized carbons (Fsp3) is 0.524. The van der Waals surface area contributed by atoms with E-state index in [-0.39, 0.29) is 22.1 Å². The van der Waals surface area contributed by atoms with Crippen LogP contribution in [0.3, 0.4) is 0 Å². The monoisotopic (exact) mass is 538 g/mol. The Balaban J connectivity index is 1.64. The number of imidazole rings is 1. The first-order valence-corrected chi connectivity index (χ1v) is 13.5. The average Bonchev–Trinajstić information content (AvgIpc) is 3.22. The lowest BCUT2D eigenvalue weighted by atomic mass is 10.1. The number of benzene rings is 1. The van der Waals surface area contributed by atoms with Crippen LogP contribution >= 0.6 is 11.3 Å². The number of ether oxygens (including phenoxy) is 1. The van der Waals surface area contributed by atoms with Crippen molar-refractivity contribution >= 4 is 38.1 Å². The van der Waals surface area contributed by atoms with Gasteiger partial charge in [-0.3, -0.25) is 4.57 Å². The molecule has 15 heteroatoms. The molecule has 2 atom stereocenters. The fourth-order valence-electron chi connectivity index (χ4n) is 4.39. The number of aromatic nitrogens is 4. The van der Waals surface area contributed by atoms with Crippen LogP contribution in [0.15, 0.2) is 23.4 Å². The zero-order valence-corrected chi connectivity index (χ0v) is 21.1. The van der Waals surface area contributed by atoms with E-state index in [1.54, 1.807) is 13.2 Å². The van der Waals surface area contributed by atoms with Gasteiger partial charge in [-0.05, 0) is 31.9 Å². The van der Waals surface area contributed by atoms with Gasteiger partial charge in [-0.25, -0.2) is 22.2 Å². The Bertz CT molecular complexity index is 1430. The van der Waals surface area contributed by atoms with E-state index >= 15 is 0 Å². The molecule has 192 valence electrons. The molecule has 0 bridgehead atoms. The maximum atomic E-state index is 13.4. The van der Waals surface area contributed by atoms with Crippen LogP contribution in [-0.4, -0.2) is 72.6 Å². The first kappa shape index (κ1) is 24.9. The van der Waals surface area contributed by atoms with Crippen molar-refractivity contribution in [1.82, 2.24) is 29.8 Å².